The lowest BCUT2D eigenvalue weighted by molar-refractivity contribution is 0.0358. The van der Waals surface area contributed by atoms with Gasteiger partial charge in [0.05, 0.1) is 19.8 Å². The summed E-state index contributed by atoms with van der Waals surface area (Å²) < 4.78 is 11.2. The van der Waals surface area contributed by atoms with E-state index in [0.717, 1.165) is 58.2 Å². The number of morpholine rings is 1. The van der Waals surface area contributed by atoms with Crippen LogP contribution in [0, 0.1) is 0 Å². The van der Waals surface area contributed by atoms with Gasteiger partial charge in [-0.15, -0.1) is 0 Å². The van der Waals surface area contributed by atoms with Crippen LogP contribution in [0.25, 0.3) is 0 Å². The van der Waals surface area contributed by atoms with Crippen LogP contribution in [-0.4, -0.2) is 50.6 Å². The standard InChI is InChI=1S/C17H26N4O2/c1-3-15(14-20-17-18-5-6-19-17)13-16(4-1)23-10-2-7-21-8-11-22-12-9-21/h1,3-6,13,17-20H,2,7-12,14H2. The van der Waals surface area contributed by atoms with Crippen molar-refractivity contribution in [3.8, 4) is 5.75 Å². The maximum Gasteiger partial charge on any atom is 0.152 e. The second-order valence-corrected chi connectivity index (χ2v) is 5.78. The highest BCUT2D eigenvalue weighted by atomic mass is 16.5. The summed E-state index contributed by atoms with van der Waals surface area (Å²) in [5.41, 5.74) is 1.21. The van der Waals surface area contributed by atoms with Crippen molar-refractivity contribution >= 4 is 0 Å². The minimum Gasteiger partial charge on any atom is -0.494 e. The zero-order valence-corrected chi connectivity index (χ0v) is 13.5. The van der Waals surface area contributed by atoms with Crippen LogP contribution in [0.5, 0.6) is 5.75 Å². The van der Waals surface area contributed by atoms with Gasteiger partial charge in [-0.05, 0) is 24.1 Å². The molecule has 3 N–H and O–H groups in total. The van der Waals surface area contributed by atoms with Gasteiger partial charge in [-0.2, -0.15) is 0 Å². The van der Waals surface area contributed by atoms with Crippen molar-refractivity contribution in [3.63, 3.8) is 0 Å². The van der Waals surface area contributed by atoms with Gasteiger partial charge in [0.1, 0.15) is 5.75 Å². The van der Waals surface area contributed by atoms with E-state index in [4.69, 9.17) is 9.47 Å². The Morgan fingerprint density at radius 1 is 1.22 bits per heavy atom. The van der Waals surface area contributed by atoms with Crippen LogP contribution >= 0.6 is 0 Å². The van der Waals surface area contributed by atoms with E-state index in [1.807, 2.05) is 24.5 Å². The Morgan fingerprint density at radius 3 is 2.87 bits per heavy atom. The van der Waals surface area contributed by atoms with Crippen molar-refractivity contribution in [2.24, 2.45) is 0 Å². The molecular formula is C17H26N4O2. The van der Waals surface area contributed by atoms with Crippen LogP contribution in [0.3, 0.4) is 0 Å². The number of nitrogens with zero attached hydrogens (tertiary/aromatic N) is 1. The van der Waals surface area contributed by atoms with Crippen LogP contribution in [0.15, 0.2) is 36.7 Å². The molecule has 0 aromatic heterocycles. The van der Waals surface area contributed by atoms with Gasteiger partial charge in [0.25, 0.3) is 0 Å². The van der Waals surface area contributed by atoms with Gasteiger partial charge in [-0.1, -0.05) is 12.1 Å². The maximum atomic E-state index is 5.88. The molecule has 1 aromatic rings. The maximum absolute atomic E-state index is 5.88. The first-order chi connectivity index (χ1) is 11.4. The average Bonchev–Trinajstić information content (AvgIpc) is 3.12. The smallest absolute Gasteiger partial charge is 0.152 e. The van der Waals surface area contributed by atoms with E-state index >= 15 is 0 Å². The molecule has 126 valence electrons. The Hall–Kier alpha value is -1.76. The molecule has 2 aliphatic rings. The topological polar surface area (TPSA) is 57.8 Å². The summed E-state index contributed by atoms with van der Waals surface area (Å²) in [5.74, 6) is 0.941. The third kappa shape index (κ3) is 5.42. The molecule has 0 amide bonds. The SMILES string of the molecule is C1=CNC(NCc2cccc(OCCCN3CCOCC3)c2)N1. The van der Waals surface area contributed by atoms with Crippen molar-refractivity contribution in [2.45, 2.75) is 19.3 Å². The Labute approximate surface area is 137 Å². The monoisotopic (exact) mass is 318 g/mol. The largest absolute Gasteiger partial charge is 0.494 e. The molecule has 0 spiro atoms. The molecule has 3 rings (SSSR count). The third-order valence-electron chi connectivity index (χ3n) is 4.01. The van der Waals surface area contributed by atoms with E-state index in [-0.39, 0.29) is 6.29 Å². The highest BCUT2D eigenvalue weighted by Gasteiger charge is 2.09. The fraction of sp³-hybridized carbons (Fsp3) is 0.529. The predicted molar refractivity (Wildman–Crippen MR) is 89.9 cm³/mol. The van der Waals surface area contributed by atoms with Gasteiger partial charge in [-0.3, -0.25) is 10.2 Å². The molecule has 2 heterocycles. The van der Waals surface area contributed by atoms with Crippen molar-refractivity contribution in [2.75, 3.05) is 39.5 Å². The molecule has 2 aliphatic heterocycles. The summed E-state index contributed by atoms with van der Waals surface area (Å²) >= 11 is 0. The van der Waals surface area contributed by atoms with Crippen molar-refractivity contribution in [3.05, 3.63) is 42.2 Å². The summed E-state index contributed by atoms with van der Waals surface area (Å²) in [6.07, 6.45) is 4.94. The fourth-order valence-electron chi connectivity index (χ4n) is 2.72. The van der Waals surface area contributed by atoms with E-state index in [1.165, 1.54) is 5.56 Å². The second kappa shape index (κ2) is 8.76. The third-order valence-corrected chi connectivity index (χ3v) is 4.01. The zero-order chi connectivity index (χ0) is 15.7. The Bertz CT molecular complexity index is 495. The molecule has 0 saturated carbocycles. The first kappa shape index (κ1) is 16.1. The van der Waals surface area contributed by atoms with Crippen LogP contribution < -0.4 is 20.7 Å². The average molecular weight is 318 g/mol. The fourth-order valence-corrected chi connectivity index (χ4v) is 2.72. The summed E-state index contributed by atoms with van der Waals surface area (Å²) in [4.78, 5) is 2.43. The lowest BCUT2D eigenvalue weighted by Gasteiger charge is -2.26. The second-order valence-electron chi connectivity index (χ2n) is 5.78. The van der Waals surface area contributed by atoms with Gasteiger partial charge in [0.15, 0.2) is 6.29 Å². The van der Waals surface area contributed by atoms with E-state index in [9.17, 15) is 0 Å². The first-order valence-electron chi connectivity index (χ1n) is 8.32. The summed E-state index contributed by atoms with van der Waals surface area (Å²) in [7, 11) is 0. The number of benzene rings is 1. The molecule has 1 saturated heterocycles. The molecule has 0 atom stereocenters. The Kier molecular flexibility index (Phi) is 6.14. The van der Waals surface area contributed by atoms with Crippen LogP contribution in [0.2, 0.25) is 0 Å². The molecule has 0 unspecified atom stereocenters. The lowest BCUT2D eigenvalue weighted by atomic mass is 10.2. The van der Waals surface area contributed by atoms with E-state index in [1.54, 1.807) is 0 Å². The molecule has 1 aromatic carbocycles. The van der Waals surface area contributed by atoms with Crippen LogP contribution in [0.1, 0.15) is 12.0 Å². The number of hydrogen-bond acceptors (Lipinski definition) is 6. The minimum atomic E-state index is 0.105. The number of ether oxygens (including phenoxy) is 2. The number of hydrogen-bond donors (Lipinski definition) is 3. The summed E-state index contributed by atoms with van der Waals surface area (Å²) in [5, 5.41) is 9.71. The molecular weight excluding hydrogens is 292 g/mol. The van der Waals surface area contributed by atoms with Gasteiger partial charge >= 0.3 is 0 Å². The molecule has 6 heteroatoms. The summed E-state index contributed by atoms with van der Waals surface area (Å²) in [6, 6.07) is 8.27. The first-order valence-corrected chi connectivity index (χ1v) is 8.32. The van der Waals surface area contributed by atoms with Gasteiger partial charge in [-0.25, -0.2) is 0 Å². The number of nitrogens with one attached hydrogen (secondary N) is 3. The van der Waals surface area contributed by atoms with Crippen molar-refractivity contribution in [1.82, 2.24) is 20.9 Å². The highest BCUT2D eigenvalue weighted by molar-refractivity contribution is 5.28. The molecule has 0 radical (unpaired) electrons. The number of rotatable bonds is 8. The lowest BCUT2D eigenvalue weighted by Crippen LogP contribution is -2.44. The van der Waals surface area contributed by atoms with Gasteiger partial charge in [0, 0.05) is 38.6 Å². The quantitative estimate of drug-likeness (QED) is 0.617. The molecule has 23 heavy (non-hydrogen) atoms. The molecule has 0 aliphatic carbocycles. The molecule has 1 fully saturated rings. The van der Waals surface area contributed by atoms with E-state index in [0.29, 0.717) is 0 Å². The normalized spacial score (nSPS) is 18.6. The van der Waals surface area contributed by atoms with Crippen LogP contribution in [0.4, 0.5) is 0 Å². The van der Waals surface area contributed by atoms with Gasteiger partial charge < -0.3 is 20.1 Å². The Morgan fingerprint density at radius 2 is 2.04 bits per heavy atom. The van der Waals surface area contributed by atoms with Gasteiger partial charge in [0.2, 0.25) is 0 Å². The predicted octanol–water partition coefficient (Wildman–Crippen LogP) is 0.825. The van der Waals surface area contributed by atoms with E-state index < -0.39 is 0 Å². The molecule has 0 bridgehead atoms. The summed E-state index contributed by atoms with van der Waals surface area (Å²) in [6.45, 7) is 6.42. The Balaban J connectivity index is 1.35. The molecule has 6 nitrogen and oxygen atoms in total. The van der Waals surface area contributed by atoms with Crippen molar-refractivity contribution < 1.29 is 9.47 Å². The minimum absolute atomic E-state index is 0.105. The zero-order valence-electron chi connectivity index (χ0n) is 13.5. The highest BCUT2D eigenvalue weighted by Crippen LogP contribution is 2.13. The van der Waals surface area contributed by atoms with Crippen molar-refractivity contribution in [1.29, 1.82) is 0 Å². The van der Waals surface area contributed by atoms with Crippen LogP contribution in [-0.2, 0) is 11.3 Å². The van der Waals surface area contributed by atoms with E-state index in [2.05, 4.69) is 33.0 Å².